The van der Waals surface area contributed by atoms with E-state index >= 15 is 0 Å². The van der Waals surface area contributed by atoms with E-state index < -0.39 is 18.5 Å². The van der Waals surface area contributed by atoms with E-state index in [4.69, 9.17) is 5.11 Å². The Morgan fingerprint density at radius 3 is 2.36 bits per heavy atom. The lowest BCUT2D eigenvalue weighted by molar-refractivity contribution is -0.141. The van der Waals surface area contributed by atoms with Crippen LogP contribution in [0.25, 0.3) is 0 Å². The van der Waals surface area contributed by atoms with Crippen molar-refractivity contribution in [1.29, 1.82) is 0 Å². The van der Waals surface area contributed by atoms with Crippen molar-refractivity contribution in [3.63, 3.8) is 0 Å². The first kappa shape index (κ1) is 11.0. The molecule has 0 bridgehead atoms. The Morgan fingerprint density at radius 1 is 1.36 bits per heavy atom. The van der Waals surface area contributed by atoms with Crippen molar-refractivity contribution < 1.29 is 18.3 Å². The number of aromatic nitrogens is 1. The number of nitrogens with zero attached hydrogens (tertiary/aromatic N) is 1. The zero-order chi connectivity index (χ0) is 10.9. The van der Waals surface area contributed by atoms with Gasteiger partial charge in [0.2, 0.25) is 0 Å². The Morgan fingerprint density at radius 2 is 1.93 bits per heavy atom. The SMILES string of the molecule is Cc1cc(CO)c(C)c(C(F)(F)F)n1. The van der Waals surface area contributed by atoms with E-state index in [9.17, 15) is 13.2 Å². The van der Waals surface area contributed by atoms with E-state index in [1.54, 1.807) is 0 Å². The first-order valence-electron chi connectivity index (χ1n) is 4.01. The van der Waals surface area contributed by atoms with Crippen molar-refractivity contribution in [3.8, 4) is 0 Å². The molecule has 1 aromatic heterocycles. The molecule has 0 aromatic carbocycles. The molecular formula is C9H10F3NO. The summed E-state index contributed by atoms with van der Waals surface area (Å²) in [6, 6.07) is 1.45. The van der Waals surface area contributed by atoms with Crippen LogP contribution in [0.1, 0.15) is 22.5 Å². The van der Waals surface area contributed by atoms with Crippen LogP contribution >= 0.6 is 0 Å². The molecule has 0 radical (unpaired) electrons. The van der Waals surface area contributed by atoms with Gasteiger partial charge in [-0.15, -0.1) is 0 Å². The summed E-state index contributed by atoms with van der Waals surface area (Å²) in [5.74, 6) is 0. The third kappa shape index (κ3) is 2.04. The van der Waals surface area contributed by atoms with Crippen LogP contribution in [0.3, 0.4) is 0 Å². The molecule has 2 nitrogen and oxygen atoms in total. The van der Waals surface area contributed by atoms with Crippen LogP contribution in [0.15, 0.2) is 6.07 Å². The Kier molecular flexibility index (Phi) is 2.80. The molecule has 0 fully saturated rings. The van der Waals surface area contributed by atoms with Gasteiger partial charge in [0.05, 0.1) is 6.61 Å². The normalized spacial score (nSPS) is 11.9. The molecule has 0 aliphatic rings. The van der Waals surface area contributed by atoms with Crippen molar-refractivity contribution >= 4 is 0 Å². The minimum atomic E-state index is -4.46. The molecule has 1 aromatic rings. The van der Waals surface area contributed by atoms with Crippen molar-refractivity contribution in [2.24, 2.45) is 0 Å². The Bertz CT molecular complexity index is 347. The Labute approximate surface area is 79.4 Å². The second-order valence-corrected chi connectivity index (χ2v) is 3.05. The molecule has 0 saturated heterocycles. The summed E-state index contributed by atoms with van der Waals surface area (Å²) < 4.78 is 37.2. The molecule has 5 heteroatoms. The van der Waals surface area contributed by atoms with Gasteiger partial charge in [-0.2, -0.15) is 13.2 Å². The average Bonchev–Trinajstić information content (AvgIpc) is 2.06. The molecule has 0 saturated carbocycles. The second kappa shape index (κ2) is 3.57. The quantitative estimate of drug-likeness (QED) is 0.762. The minimum Gasteiger partial charge on any atom is -0.392 e. The molecule has 0 aliphatic carbocycles. The van der Waals surface area contributed by atoms with Crippen LogP contribution in [-0.4, -0.2) is 10.1 Å². The number of alkyl halides is 3. The molecule has 0 amide bonds. The van der Waals surface area contributed by atoms with Gasteiger partial charge >= 0.3 is 6.18 Å². The zero-order valence-corrected chi connectivity index (χ0v) is 7.81. The van der Waals surface area contributed by atoms with Crippen LogP contribution in [0, 0.1) is 13.8 Å². The number of rotatable bonds is 1. The highest BCUT2D eigenvalue weighted by Gasteiger charge is 2.35. The summed E-state index contributed by atoms with van der Waals surface area (Å²) >= 11 is 0. The number of aliphatic hydroxyl groups is 1. The van der Waals surface area contributed by atoms with Crippen LogP contribution in [0.5, 0.6) is 0 Å². The van der Waals surface area contributed by atoms with Crippen molar-refractivity contribution in [2.45, 2.75) is 26.6 Å². The number of hydrogen-bond acceptors (Lipinski definition) is 2. The van der Waals surface area contributed by atoms with Gasteiger partial charge in [-0.3, -0.25) is 0 Å². The van der Waals surface area contributed by atoms with E-state index in [2.05, 4.69) is 4.98 Å². The van der Waals surface area contributed by atoms with E-state index in [0.29, 0.717) is 0 Å². The maximum absolute atomic E-state index is 12.4. The smallest absolute Gasteiger partial charge is 0.392 e. The van der Waals surface area contributed by atoms with E-state index in [-0.39, 0.29) is 16.8 Å². The molecular weight excluding hydrogens is 195 g/mol. The molecule has 0 aliphatic heterocycles. The standard InChI is InChI=1S/C9H10F3NO/c1-5-3-7(4-14)6(2)8(13-5)9(10,11)12/h3,14H,4H2,1-2H3. The largest absolute Gasteiger partial charge is 0.433 e. The number of pyridine rings is 1. The molecule has 0 atom stereocenters. The van der Waals surface area contributed by atoms with Gasteiger partial charge < -0.3 is 5.11 Å². The lowest BCUT2D eigenvalue weighted by Gasteiger charge is -2.12. The van der Waals surface area contributed by atoms with Crippen LogP contribution in [-0.2, 0) is 12.8 Å². The summed E-state index contributed by atoms with van der Waals surface area (Å²) in [5.41, 5.74) is -0.399. The zero-order valence-electron chi connectivity index (χ0n) is 7.81. The van der Waals surface area contributed by atoms with E-state index in [1.807, 2.05) is 0 Å². The molecule has 1 N–H and O–H groups in total. The van der Waals surface area contributed by atoms with Gasteiger partial charge in [-0.05, 0) is 31.0 Å². The highest BCUT2D eigenvalue weighted by Crippen LogP contribution is 2.31. The molecule has 1 heterocycles. The van der Waals surface area contributed by atoms with Crippen molar-refractivity contribution in [2.75, 3.05) is 0 Å². The lowest BCUT2D eigenvalue weighted by atomic mass is 10.1. The monoisotopic (exact) mass is 205 g/mol. The van der Waals surface area contributed by atoms with Gasteiger partial charge in [-0.1, -0.05) is 0 Å². The highest BCUT2D eigenvalue weighted by molar-refractivity contribution is 5.32. The molecule has 0 unspecified atom stereocenters. The fourth-order valence-electron chi connectivity index (χ4n) is 1.25. The molecule has 78 valence electrons. The number of halogens is 3. The first-order chi connectivity index (χ1) is 6.36. The molecule has 0 spiro atoms. The van der Waals surface area contributed by atoms with Crippen molar-refractivity contribution in [1.82, 2.24) is 4.98 Å². The third-order valence-electron chi connectivity index (χ3n) is 1.95. The van der Waals surface area contributed by atoms with Crippen LogP contribution in [0.4, 0.5) is 13.2 Å². The summed E-state index contributed by atoms with van der Waals surface area (Å²) in [7, 11) is 0. The fourth-order valence-corrected chi connectivity index (χ4v) is 1.25. The summed E-state index contributed by atoms with van der Waals surface area (Å²) in [6.07, 6.45) is -4.46. The van der Waals surface area contributed by atoms with Crippen LogP contribution < -0.4 is 0 Å². The van der Waals surface area contributed by atoms with Gasteiger partial charge in [0.15, 0.2) is 0 Å². The number of aryl methyl sites for hydroxylation is 1. The first-order valence-corrected chi connectivity index (χ1v) is 4.01. The third-order valence-corrected chi connectivity index (χ3v) is 1.95. The van der Waals surface area contributed by atoms with Crippen molar-refractivity contribution in [3.05, 3.63) is 28.6 Å². The maximum atomic E-state index is 12.4. The summed E-state index contributed by atoms with van der Waals surface area (Å²) in [4.78, 5) is 3.42. The molecule has 1 rings (SSSR count). The topological polar surface area (TPSA) is 33.1 Å². The van der Waals surface area contributed by atoms with Crippen LogP contribution in [0.2, 0.25) is 0 Å². The highest BCUT2D eigenvalue weighted by atomic mass is 19.4. The number of aliphatic hydroxyl groups excluding tert-OH is 1. The fraction of sp³-hybridized carbons (Fsp3) is 0.444. The summed E-state index contributed by atoms with van der Waals surface area (Å²) in [5, 5.41) is 8.84. The lowest BCUT2D eigenvalue weighted by Crippen LogP contribution is -2.13. The predicted molar refractivity (Wildman–Crippen MR) is 44.6 cm³/mol. The van der Waals surface area contributed by atoms with Gasteiger partial charge in [0.25, 0.3) is 0 Å². The van der Waals surface area contributed by atoms with Gasteiger partial charge in [-0.25, -0.2) is 4.98 Å². The Hall–Kier alpha value is -1.10. The second-order valence-electron chi connectivity index (χ2n) is 3.05. The minimum absolute atomic E-state index is 0.00870. The van der Waals surface area contributed by atoms with Gasteiger partial charge in [0.1, 0.15) is 5.69 Å². The Balaban J connectivity index is 3.37. The summed E-state index contributed by atoms with van der Waals surface area (Å²) in [6.45, 7) is 2.37. The molecule has 14 heavy (non-hydrogen) atoms. The maximum Gasteiger partial charge on any atom is 0.433 e. The van der Waals surface area contributed by atoms with E-state index in [0.717, 1.165) is 0 Å². The predicted octanol–water partition coefficient (Wildman–Crippen LogP) is 2.21. The number of hydrogen-bond donors (Lipinski definition) is 1. The van der Waals surface area contributed by atoms with Gasteiger partial charge in [0, 0.05) is 5.69 Å². The van der Waals surface area contributed by atoms with E-state index in [1.165, 1.54) is 19.9 Å². The average molecular weight is 205 g/mol.